The predicted molar refractivity (Wildman–Crippen MR) is 117 cm³/mol. The lowest BCUT2D eigenvalue weighted by Crippen LogP contribution is -2.51. The van der Waals surface area contributed by atoms with Crippen molar-refractivity contribution in [2.45, 2.75) is 58.2 Å². The number of oxazole rings is 1. The van der Waals surface area contributed by atoms with E-state index in [1.54, 1.807) is 25.4 Å². The molecule has 1 unspecified atom stereocenters. The van der Waals surface area contributed by atoms with Crippen molar-refractivity contribution in [1.29, 1.82) is 0 Å². The molecule has 1 atom stereocenters. The Balaban J connectivity index is 1.53. The van der Waals surface area contributed by atoms with Gasteiger partial charge in [-0.3, -0.25) is 4.99 Å². The second-order valence-electron chi connectivity index (χ2n) is 8.60. The number of ether oxygens (including phenoxy) is 1. The lowest BCUT2D eigenvalue weighted by molar-refractivity contribution is -0.0498. The quantitative estimate of drug-likeness (QED) is 0.529. The highest BCUT2D eigenvalue weighted by Crippen LogP contribution is 2.24. The maximum absolute atomic E-state index is 12.3. The third-order valence-electron chi connectivity index (χ3n) is 5.11. The van der Waals surface area contributed by atoms with Crippen LogP contribution in [0.4, 0.5) is 14.5 Å². The molecule has 0 saturated carbocycles. The van der Waals surface area contributed by atoms with Gasteiger partial charge < -0.3 is 24.7 Å². The van der Waals surface area contributed by atoms with Crippen molar-refractivity contribution in [2.75, 3.05) is 25.0 Å². The van der Waals surface area contributed by atoms with Crippen LogP contribution < -0.4 is 20.3 Å². The minimum Gasteiger partial charge on any atom is -0.443 e. The Labute approximate surface area is 181 Å². The normalized spacial score (nSPS) is 17.7. The van der Waals surface area contributed by atoms with Crippen molar-refractivity contribution in [2.24, 2.45) is 4.99 Å². The molecule has 1 fully saturated rings. The number of rotatable bonds is 6. The van der Waals surface area contributed by atoms with Gasteiger partial charge in [-0.05, 0) is 37.1 Å². The van der Waals surface area contributed by atoms with E-state index in [9.17, 15) is 8.78 Å². The molecule has 2 heterocycles. The van der Waals surface area contributed by atoms with Gasteiger partial charge >= 0.3 is 6.61 Å². The summed E-state index contributed by atoms with van der Waals surface area (Å²) in [5.74, 6) is 2.31. The van der Waals surface area contributed by atoms with E-state index >= 15 is 0 Å². The van der Waals surface area contributed by atoms with Crippen LogP contribution in [0.5, 0.6) is 5.75 Å². The highest BCUT2D eigenvalue weighted by molar-refractivity contribution is 5.80. The maximum Gasteiger partial charge on any atom is 0.387 e. The van der Waals surface area contributed by atoms with Gasteiger partial charge in [-0.15, -0.1) is 0 Å². The highest BCUT2D eigenvalue weighted by Gasteiger charge is 2.22. The van der Waals surface area contributed by atoms with E-state index in [0.717, 1.165) is 37.4 Å². The van der Waals surface area contributed by atoms with Gasteiger partial charge in [-0.2, -0.15) is 8.78 Å². The van der Waals surface area contributed by atoms with Crippen molar-refractivity contribution < 1.29 is 17.9 Å². The SMILES string of the molecule is CN=C(NCc1ncc(C(C)(C)C)o1)NC1CCCN(c2ccc(OC(F)F)cc2)C1. The summed E-state index contributed by atoms with van der Waals surface area (Å²) in [5, 5.41) is 6.71. The molecule has 1 aromatic carbocycles. The summed E-state index contributed by atoms with van der Waals surface area (Å²) in [6, 6.07) is 6.96. The number of nitrogens with zero attached hydrogens (tertiary/aromatic N) is 3. The fourth-order valence-corrected chi connectivity index (χ4v) is 3.45. The summed E-state index contributed by atoms with van der Waals surface area (Å²) in [7, 11) is 1.73. The van der Waals surface area contributed by atoms with E-state index in [2.05, 4.69) is 51.0 Å². The Morgan fingerprint density at radius 1 is 1.32 bits per heavy atom. The van der Waals surface area contributed by atoms with Gasteiger partial charge in [0.25, 0.3) is 0 Å². The first-order valence-corrected chi connectivity index (χ1v) is 10.5. The molecule has 0 radical (unpaired) electrons. The van der Waals surface area contributed by atoms with Crippen LogP contribution in [0.2, 0.25) is 0 Å². The number of piperidine rings is 1. The van der Waals surface area contributed by atoms with E-state index < -0.39 is 6.61 Å². The molecule has 0 bridgehead atoms. The van der Waals surface area contributed by atoms with E-state index in [-0.39, 0.29) is 17.2 Å². The second-order valence-corrected chi connectivity index (χ2v) is 8.60. The van der Waals surface area contributed by atoms with Gasteiger partial charge in [0.15, 0.2) is 5.96 Å². The zero-order chi connectivity index (χ0) is 22.4. The van der Waals surface area contributed by atoms with Crippen molar-refractivity contribution in [3.05, 3.63) is 42.1 Å². The Bertz CT molecular complexity index is 862. The number of hydrogen-bond acceptors (Lipinski definition) is 5. The number of benzene rings is 1. The lowest BCUT2D eigenvalue weighted by atomic mass is 9.94. The highest BCUT2D eigenvalue weighted by atomic mass is 19.3. The summed E-state index contributed by atoms with van der Waals surface area (Å²) >= 11 is 0. The number of guanidine groups is 1. The molecule has 1 saturated heterocycles. The van der Waals surface area contributed by atoms with Crippen LogP contribution in [-0.4, -0.2) is 43.7 Å². The Kier molecular flexibility index (Phi) is 7.35. The number of alkyl halides is 2. The summed E-state index contributed by atoms with van der Waals surface area (Å²) < 4.78 is 34.9. The molecule has 2 aromatic rings. The number of nitrogens with one attached hydrogen (secondary N) is 2. The van der Waals surface area contributed by atoms with Crippen LogP contribution in [0.15, 0.2) is 39.9 Å². The van der Waals surface area contributed by atoms with Crippen molar-refractivity contribution in [1.82, 2.24) is 15.6 Å². The molecule has 170 valence electrons. The molecule has 0 amide bonds. The molecule has 1 aliphatic heterocycles. The molecule has 2 N–H and O–H groups in total. The maximum atomic E-state index is 12.3. The summed E-state index contributed by atoms with van der Waals surface area (Å²) in [6.45, 7) is 5.56. The van der Waals surface area contributed by atoms with Crippen LogP contribution >= 0.6 is 0 Å². The largest absolute Gasteiger partial charge is 0.443 e. The zero-order valence-electron chi connectivity index (χ0n) is 18.5. The molecular weight excluding hydrogens is 404 g/mol. The van der Waals surface area contributed by atoms with E-state index in [0.29, 0.717) is 18.4 Å². The number of aliphatic imine (C=N–C) groups is 1. The fourth-order valence-electron chi connectivity index (χ4n) is 3.45. The Hall–Kier alpha value is -2.84. The van der Waals surface area contributed by atoms with Crippen LogP contribution in [0, 0.1) is 0 Å². The first kappa shape index (κ1) is 22.8. The van der Waals surface area contributed by atoms with Gasteiger partial charge in [-0.25, -0.2) is 4.98 Å². The standard InChI is InChI=1S/C22H31F2N5O2/c1-22(2,3)18-12-26-19(31-18)13-27-21(25-4)28-15-6-5-11-29(14-15)16-7-9-17(10-8-16)30-20(23)24/h7-10,12,15,20H,5-6,11,13-14H2,1-4H3,(H2,25,27,28). The Morgan fingerprint density at radius 3 is 2.68 bits per heavy atom. The fraction of sp³-hybridized carbons (Fsp3) is 0.545. The smallest absolute Gasteiger partial charge is 0.387 e. The molecule has 0 aliphatic carbocycles. The average Bonchev–Trinajstić information content (AvgIpc) is 3.21. The molecular formula is C22H31F2N5O2. The monoisotopic (exact) mass is 435 g/mol. The first-order chi connectivity index (χ1) is 14.7. The molecule has 1 aromatic heterocycles. The zero-order valence-corrected chi connectivity index (χ0v) is 18.5. The number of hydrogen-bond donors (Lipinski definition) is 2. The van der Waals surface area contributed by atoms with Crippen LogP contribution in [0.25, 0.3) is 0 Å². The van der Waals surface area contributed by atoms with Crippen LogP contribution in [0.3, 0.4) is 0 Å². The molecule has 7 nitrogen and oxygen atoms in total. The van der Waals surface area contributed by atoms with Gasteiger partial charge in [0.1, 0.15) is 11.5 Å². The first-order valence-electron chi connectivity index (χ1n) is 10.5. The minimum atomic E-state index is -2.81. The van der Waals surface area contributed by atoms with Gasteiger partial charge in [0, 0.05) is 37.3 Å². The van der Waals surface area contributed by atoms with Gasteiger partial charge in [-0.1, -0.05) is 20.8 Å². The Morgan fingerprint density at radius 2 is 2.06 bits per heavy atom. The number of aromatic nitrogens is 1. The molecule has 0 spiro atoms. The molecule has 31 heavy (non-hydrogen) atoms. The summed E-state index contributed by atoms with van der Waals surface area (Å²) in [4.78, 5) is 10.9. The summed E-state index contributed by atoms with van der Waals surface area (Å²) in [6.07, 6.45) is 3.79. The van der Waals surface area contributed by atoms with Gasteiger partial charge in [0.2, 0.25) is 5.89 Å². The molecule has 3 rings (SSSR count). The third kappa shape index (κ3) is 6.57. The number of halogens is 2. The van der Waals surface area contributed by atoms with Crippen molar-refractivity contribution in [3.63, 3.8) is 0 Å². The lowest BCUT2D eigenvalue weighted by Gasteiger charge is -2.35. The van der Waals surface area contributed by atoms with E-state index in [4.69, 9.17) is 4.42 Å². The summed E-state index contributed by atoms with van der Waals surface area (Å²) in [5.41, 5.74) is 0.895. The molecule has 9 heteroatoms. The molecule has 1 aliphatic rings. The number of anilines is 1. The average molecular weight is 436 g/mol. The van der Waals surface area contributed by atoms with Crippen LogP contribution in [-0.2, 0) is 12.0 Å². The van der Waals surface area contributed by atoms with Gasteiger partial charge in [0.05, 0.1) is 12.7 Å². The topological polar surface area (TPSA) is 74.9 Å². The van der Waals surface area contributed by atoms with Crippen LogP contribution in [0.1, 0.15) is 45.3 Å². The van der Waals surface area contributed by atoms with E-state index in [1.807, 2.05) is 12.1 Å². The third-order valence-corrected chi connectivity index (χ3v) is 5.11. The van der Waals surface area contributed by atoms with E-state index in [1.165, 1.54) is 0 Å². The van der Waals surface area contributed by atoms with Crippen molar-refractivity contribution >= 4 is 11.6 Å². The predicted octanol–water partition coefficient (Wildman–Crippen LogP) is 3.91. The minimum absolute atomic E-state index is 0.0828. The second kappa shape index (κ2) is 9.98. The van der Waals surface area contributed by atoms with Crippen molar-refractivity contribution in [3.8, 4) is 5.75 Å².